The molecule has 1 heterocycles. The Kier molecular flexibility index (Phi) is 4.56. The summed E-state index contributed by atoms with van der Waals surface area (Å²) in [6.07, 6.45) is 2.84. The molecule has 0 aliphatic carbocycles. The van der Waals surface area contributed by atoms with Crippen LogP contribution in [0.25, 0.3) is 0 Å². The van der Waals surface area contributed by atoms with Crippen LogP contribution in [0.15, 0.2) is 0 Å². The number of hydrogen-bond acceptors (Lipinski definition) is 2. The average Bonchev–Trinajstić information content (AvgIpc) is 2.12. The van der Waals surface area contributed by atoms with E-state index in [9.17, 15) is 4.79 Å². The molecular weight excluding hydrogens is 218 g/mol. The zero-order chi connectivity index (χ0) is 12.3. The van der Waals surface area contributed by atoms with Gasteiger partial charge in [-0.3, -0.25) is 4.79 Å². The van der Waals surface area contributed by atoms with E-state index in [0.717, 1.165) is 12.8 Å². The molecule has 0 aromatic carbocycles. The summed E-state index contributed by atoms with van der Waals surface area (Å²) in [5.74, 6) is 0.176. The first-order valence-electron chi connectivity index (χ1n) is 6.07. The van der Waals surface area contributed by atoms with Gasteiger partial charge in [0.1, 0.15) is 0 Å². The zero-order valence-corrected chi connectivity index (χ0v) is 12.1. The largest absolute Gasteiger partial charge is 0.412 e. The molecular formula is C12H24NO2Si. The summed E-state index contributed by atoms with van der Waals surface area (Å²) in [5.41, 5.74) is 0.0806. The van der Waals surface area contributed by atoms with Crippen LogP contribution in [0.2, 0.25) is 13.1 Å². The topological polar surface area (TPSA) is 38.3 Å². The van der Waals surface area contributed by atoms with Crippen molar-refractivity contribution >= 4 is 14.9 Å². The molecule has 0 saturated carbocycles. The summed E-state index contributed by atoms with van der Waals surface area (Å²) in [7, 11) is -0.733. The normalized spacial score (nSPS) is 24.4. The molecule has 93 valence electrons. The third-order valence-corrected chi connectivity index (χ3v) is 3.57. The van der Waals surface area contributed by atoms with E-state index in [1.807, 2.05) is 0 Å². The van der Waals surface area contributed by atoms with Gasteiger partial charge in [-0.05, 0) is 31.4 Å². The SMILES string of the molecule is C[Si](C)OC([C@H]1CCCC(=O)N1)C(C)(C)C. The summed E-state index contributed by atoms with van der Waals surface area (Å²) in [4.78, 5) is 11.4. The second-order valence-corrected chi connectivity index (χ2v) is 7.93. The monoisotopic (exact) mass is 242 g/mol. The quantitative estimate of drug-likeness (QED) is 0.771. The lowest BCUT2D eigenvalue weighted by Gasteiger charge is -2.40. The lowest BCUT2D eigenvalue weighted by atomic mass is 9.82. The Morgan fingerprint density at radius 1 is 1.44 bits per heavy atom. The fourth-order valence-electron chi connectivity index (χ4n) is 2.18. The maximum atomic E-state index is 11.4. The summed E-state index contributed by atoms with van der Waals surface area (Å²) >= 11 is 0. The molecule has 1 unspecified atom stereocenters. The van der Waals surface area contributed by atoms with Gasteiger partial charge in [0.15, 0.2) is 0 Å². The molecule has 1 amide bonds. The predicted molar refractivity (Wildman–Crippen MR) is 67.6 cm³/mol. The minimum Gasteiger partial charge on any atom is -0.412 e. The highest BCUT2D eigenvalue weighted by molar-refractivity contribution is 6.48. The van der Waals surface area contributed by atoms with E-state index in [4.69, 9.17) is 4.43 Å². The minimum atomic E-state index is -0.733. The Morgan fingerprint density at radius 2 is 2.06 bits per heavy atom. The Labute approximate surface area is 101 Å². The number of amides is 1. The molecule has 1 aliphatic heterocycles. The first-order chi connectivity index (χ1) is 7.30. The average molecular weight is 242 g/mol. The molecule has 3 nitrogen and oxygen atoms in total. The highest BCUT2D eigenvalue weighted by atomic mass is 28.3. The molecule has 1 aliphatic rings. The summed E-state index contributed by atoms with van der Waals surface area (Å²) in [6.45, 7) is 10.8. The molecule has 0 aromatic heterocycles. The maximum Gasteiger partial charge on any atom is 0.220 e. The number of rotatable bonds is 3. The third kappa shape index (κ3) is 3.90. The fourth-order valence-corrected chi connectivity index (χ4v) is 3.20. The van der Waals surface area contributed by atoms with Gasteiger partial charge < -0.3 is 9.74 Å². The van der Waals surface area contributed by atoms with E-state index < -0.39 is 9.04 Å². The highest BCUT2D eigenvalue weighted by Crippen LogP contribution is 2.29. The number of carbonyl (C=O) groups excluding carboxylic acids is 1. The van der Waals surface area contributed by atoms with Gasteiger partial charge in [0.25, 0.3) is 0 Å². The lowest BCUT2D eigenvalue weighted by molar-refractivity contribution is -0.125. The number of carbonyl (C=O) groups is 1. The van der Waals surface area contributed by atoms with Crippen molar-refractivity contribution in [3.8, 4) is 0 Å². The van der Waals surface area contributed by atoms with E-state index in [2.05, 4.69) is 39.2 Å². The van der Waals surface area contributed by atoms with Crippen molar-refractivity contribution in [3.63, 3.8) is 0 Å². The van der Waals surface area contributed by atoms with Crippen molar-refractivity contribution in [2.75, 3.05) is 0 Å². The molecule has 1 N–H and O–H groups in total. The fraction of sp³-hybridized carbons (Fsp3) is 0.917. The van der Waals surface area contributed by atoms with Crippen LogP contribution in [-0.4, -0.2) is 27.1 Å². The lowest BCUT2D eigenvalue weighted by Crippen LogP contribution is -2.53. The van der Waals surface area contributed by atoms with Crippen LogP contribution < -0.4 is 5.32 Å². The van der Waals surface area contributed by atoms with E-state index >= 15 is 0 Å². The van der Waals surface area contributed by atoms with Gasteiger partial charge in [-0.15, -0.1) is 0 Å². The van der Waals surface area contributed by atoms with Crippen molar-refractivity contribution in [2.45, 2.75) is 65.3 Å². The molecule has 0 spiro atoms. The van der Waals surface area contributed by atoms with Crippen LogP contribution in [0.5, 0.6) is 0 Å². The van der Waals surface area contributed by atoms with Crippen LogP contribution in [-0.2, 0) is 9.22 Å². The Bertz CT molecular complexity index is 248. The van der Waals surface area contributed by atoms with Crippen LogP contribution in [0.1, 0.15) is 40.0 Å². The zero-order valence-electron chi connectivity index (χ0n) is 11.1. The van der Waals surface area contributed by atoms with Gasteiger partial charge >= 0.3 is 0 Å². The third-order valence-electron chi connectivity index (χ3n) is 2.85. The molecule has 1 fully saturated rings. The second-order valence-electron chi connectivity index (χ2n) is 5.88. The Hall–Kier alpha value is -0.353. The molecule has 1 rings (SSSR count). The first-order valence-corrected chi connectivity index (χ1v) is 8.47. The Morgan fingerprint density at radius 3 is 2.50 bits per heavy atom. The molecule has 1 radical (unpaired) electrons. The molecule has 16 heavy (non-hydrogen) atoms. The summed E-state index contributed by atoms with van der Waals surface area (Å²) in [5, 5.41) is 3.08. The van der Waals surface area contributed by atoms with Crippen molar-refractivity contribution in [2.24, 2.45) is 5.41 Å². The number of piperidine rings is 1. The van der Waals surface area contributed by atoms with Gasteiger partial charge in [-0.25, -0.2) is 0 Å². The van der Waals surface area contributed by atoms with Gasteiger partial charge in [0.2, 0.25) is 14.9 Å². The van der Waals surface area contributed by atoms with Gasteiger partial charge in [0.05, 0.1) is 12.1 Å². The number of nitrogens with one attached hydrogen (secondary N) is 1. The maximum absolute atomic E-state index is 11.4. The smallest absolute Gasteiger partial charge is 0.220 e. The van der Waals surface area contributed by atoms with Crippen molar-refractivity contribution in [3.05, 3.63) is 0 Å². The van der Waals surface area contributed by atoms with E-state index in [1.54, 1.807) is 0 Å². The van der Waals surface area contributed by atoms with E-state index in [1.165, 1.54) is 0 Å². The number of hydrogen-bond donors (Lipinski definition) is 1. The predicted octanol–water partition coefficient (Wildman–Crippen LogP) is 2.34. The Balaban J connectivity index is 2.71. The molecule has 0 aromatic rings. The van der Waals surface area contributed by atoms with Crippen LogP contribution in [0.4, 0.5) is 0 Å². The van der Waals surface area contributed by atoms with Gasteiger partial charge in [-0.2, -0.15) is 0 Å². The van der Waals surface area contributed by atoms with Crippen LogP contribution in [0.3, 0.4) is 0 Å². The van der Waals surface area contributed by atoms with Crippen molar-refractivity contribution in [1.82, 2.24) is 5.32 Å². The first kappa shape index (κ1) is 13.7. The molecule has 0 bridgehead atoms. The summed E-state index contributed by atoms with van der Waals surface area (Å²) < 4.78 is 6.09. The van der Waals surface area contributed by atoms with Crippen LogP contribution >= 0.6 is 0 Å². The highest BCUT2D eigenvalue weighted by Gasteiger charge is 2.35. The van der Waals surface area contributed by atoms with Gasteiger partial charge in [-0.1, -0.05) is 20.8 Å². The molecule has 4 heteroatoms. The van der Waals surface area contributed by atoms with Crippen molar-refractivity contribution in [1.29, 1.82) is 0 Å². The minimum absolute atomic E-state index is 0.0806. The standard InChI is InChI=1S/C12H24NO2Si/c1-12(2,3)11(15-16(4)5)9-7-6-8-10(14)13-9/h9,11H,6-8H2,1-5H3,(H,13,14)/t9-,11?/m1/s1. The second kappa shape index (κ2) is 5.32. The van der Waals surface area contributed by atoms with Crippen molar-refractivity contribution < 1.29 is 9.22 Å². The van der Waals surface area contributed by atoms with Crippen LogP contribution in [0, 0.1) is 5.41 Å². The van der Waals surface area contributed by atoms with E-state index in [0.29, 0.717) is 6.42 Å². The molecule has 1 saturated heterocycles. The van der Waals surface area contributed by atoms with Gasteiger partial charge in [0, 0.05) is 6.42 Å². The van der Waals surface area contributed by atoms with E-state index in [-0.39, 0.29) is 23.5 Å². The molecule has 2 atom stereocenters. The summed E-state index contributed by atoms with van der Waals surface area (Å²) in [6, 6.07) is 0.196.